The molecule has 1 aliphatic carbocycles. The Morgan fingerprint density at radius 2 is 2.38 bits per heavy atom. The maximum Gasteiger partial charge on any atom is 0.329 e. The second kappa shape index (κ2) is 2.96. The first-order valence-electron chi connectivity index (χ1n) is 3.98. The average molecular weight is 180 g/mol. The van der Waals surface area contributed by atoms with Gasteiger partial charge < -0.3 is 5.32 Å². The third-order valence-corrected chi connectivity index (χ3v) is 1.81. The van der Waals surface area contributed by atoms with Crippen molar-refractivity contribution >= 4 is 11.5 Å². The minimum Gasteiger partial charge on any atom is -0.362 e. The van der Waals surface area contributed by atoms with Crippen LogP contribution in [0.5, 0.6) is 0 Å². The largest absolute Gasteiger partial charge is 0.362 e. The van der Waals surface area contributed by atoms with Crippen molar-refractivity contribution in [1.29, 1.82) is 0 Å². The average Bonchev–Trinajstić information content (AvgIpc) is 2.89. The summed E-state index contributed by atoms with van der Waals surface area (Å²) in [5.41, 5.74) is -0.0607. The number of nitro groups is 1. The molecule has 1 heterocycles. The molecule has 13 heavy (non-hydrogen) atoms. The summed E-state index contributed by atoms with van der Waals surface area (Å²) in [6, 6.07) is 0.355. The Morgan fingerprint density at radius 1 is 1.62 bits per heavy atom. The van der Waals surface area contributed by atoms with Gasteiger partial charge in [-0.15, -0.1) is 0 Å². The second-order valence-corrected chi connectivity index (χ2v) is 2.93. The second-order valence-electron chi connectivity index (χ2n) is 2.93. The lowest BCUT2D eigenvalue weighted by atomic mass is 10.4. The molecule has 0 atom stereocenters. The van der Waals surface area contributed by atoms with E-state index in [0.717, 1.165) is 12.8 Å². The molecule has 1 N–H and O–H groups in total. The molecule has 1 aromatic rings. The molecule has 0 aromatic carbocycles. The van der Waals surface area contributed by atoms with E-state index in [0.29, 0.717) is 11.9 Å². The van der Waals surface area contributed by atoms with E-state index < -0.39 is 4.92 Å². The van der Waals surface area contributed by atoms with Gasteiger partial charge in [0.15, 0.2) is 0 Å². The molecule has 1 aromatic heterocycles. The zero-order valence-electron chi connectivity index (χ0n) is 6.80. The van der Waals surface area contributed by atoms with Gasteiger partial charge >= 0.3 is 5.69 Å². The molecule has 0 saturated heterocycles. The minimum absolute atomic E-state index is 0.0607. The Kier molecular flexibility index (Phi) is 1.80. The number of hydrogen-bond donors (Lipinski definition) is 1. The van der Waals surface area contributed by atoms with Crippen LogP contribution >= 0.6 is 0 Å². The monoisotopic (exact) mass is 180 g/mol. The third kappa shape index (κ3) is 1.71. The molecule has 0 spiro atoms. The highest BCUT2D eigenvalue weighted by Gasteiger charge is 2.25. The van der Waals surface area contributed by atoms with Gasteiger partial charge in [-0.3, -0.25) is 10.1 Å². The van der Waals surface area contributed by atoms with E-state index in [1.165, 1.54) is 12.5 Å². The van der Waals surface area contributed by atoms with Crippen LogP contribution in [0.1, 0.15) is 12.8 Å². The van der Waals surface area contributed by atoms with E-state index in [9.17, 15) is 10.1 Å². The van der Waals surface area contributed by atoms with Crippen LogP contribution in [0.4, 0.5) is 11.5 Å². The fourth-order valence-corrected chi connectivity index (χ4v) is 0.988. The quantitative estimate of drug-likeness (QED) is 0.553. The molecule has 0 amide bonds. The fourth-order valence-electron chi connectivity index (χ4n) is 0.988. The zero-order valence-corrected chi connectivity index (χ0v) is 6.80. The highest BCUT2D eigenvalue weighted by atomic mass is 16.6. The van der Waals surface area contributed by atoms with Gasteiger partial charge in [-0.2, -0.15) is 0 Å². The van der Waals surface area contributed by atoms with Crippen molar-refractivity contribution < 1.29 is 4.92 Å². The van der Waals surface area contributed by atoms with Crippen molar-refractivity contribution in [3.8, 4) is 0 Å². The molecule has 1 aliphatic rings. The molecule has 0 bridgehead atoms. The van der Waals surface area contributed by atoms with Crippen molar-refractivity contribution in [2.45, 2.75) is 18.9 Å². The third-order valence-electron chi connectivity index (χ3n) is 1.81. The van der Waals surface area contributed by atoms with E-state index >= 15 is 0 Å². The van der Waals surface area contributed by atoms with Gasteiger partial charge in [0, 0.05) is 6.04 Å². The van der Waals surface area contributed by atoms with E-state index in [1.54, 1.807) is 0 Å². The summed E-state index contributed by atoms with van der Waals surface area (Å²) < 4.78 is 0. The topological polar surface area (TPSA) is 81.0 Å². The summed E-state index contributed by atoms with van der Waals surface area (Å²) in [7, 11) is 0. The number of nitrogens with one attached hydrogen (secondary N) is 1. The number of aromatic nitrogens is 2. The van der Waals surface area contributed by atoms with Crippen molar-refractivity contribution in [2.24, 2.45) is 0 Å². The number of anilines is 1. The van der Waals surface area contributed by atoms with E-state index in [1.807, 2.05) is 0 Å². The van der Waals surface area contributed by atoms with Gasteiger partial charge in [0.05, 0.1) is 4.92 Å². The molecule has 1 saturated carbocycles. The lowest BCUT2D eigenvalue weighted by Gasteiger charge is -2.01. The maximum atomic E-state index is 10.5. The van der Waals surface area contributed by atoms with Gasteiger partial charge in [-0.25, -0.2) is 9.97 Å². The Balaban J connectivity index is 2.25. The molecule has 0 aliphatic heterocycles. The minimum atomic E-state index is -0.481. The van der Waals surface area contributed by atoms with Crippen molar-refractivity contribution in [1.82, 2.24) is 9.97 Å². The van der Waals surface area contributed by atoms with Gasteiger partial charge in [-0.05, 0) is 12.8 Å². The fraction of sp³-hybridized carbons (Fsp3) is 0.429. The summed E-state index contributed by atoms with van der Waals surface area (Å²) in [5.74, 6) is 0.322. The molecule has 68 valence electrons. The molecule has 2 rings (SSSR count). The molecule has 0 radical (unpaired) electrons. The van der Waals surface area contributed by atoms with Crippen molar-refractivity contribution in [3.05, 3.63) is 22.6 Å². The van der Waals surface area contributed by atoms with Gasteiger partial charge in [0.1, 0.15) is 12.5 Å². The molecule has 0 unspecified atom stereocenters. The summed E-state index contributed by atoms with van der Waals surface area (Å²) in [5, 5.41) is 13.5. The van der Waals surface area contributed by atoms with Crippen molar-refractivity contribution in [2.75, 3.05) is 5.32 Å². The van der Waals surface area contributed by atoms with Crippen LogP contribution in [0.3, 0.4) is 0 Å². The van der Waals surface area contributed by atoms with E-state index in [2.05, 4.69) is 15.3 Å². The van der Waals surface area contributed by atoms with Gasteiger partial charge in [0.2, 0.25) is 5.82 Å². The van der Waals surface area contributed by atoms with E-state index in [-0.39, 0.29) is 5.69 Å². The van der Waals surface area contributed by atoms with Crippen LogP contribution in [0, 0.1) is 10.1 Å². The SMILES string of the molecule is O=[N+]([O-])c1cncnc1NC1CC1. The summed E-state index contributed by atoms with van der Waals surface area (Å²) in [6.45, 7) is 0. The summed E-state index contributed by atoms with van der Waals surface area (Å²) in [6.07, 6.45) is 4.62. The molecule has 6 heteroatoms. The lowest BCUT2D eigenvalue weighted by molar-refractivity contribution is -0.384. The van der Waals surface area contributed by atoms with Crippen LogP contribution in [0.2, 0.25) is 0 Å². The maximum absolute atomic E-state index is 10.5. The van der Waals surface area contributed by atoms with Crippen LogP contribution in [-0.2, 0) is 0 Å². The summed E-state index contributed by atoms with van der Waals surface area (Å²) >= 11 is 0. The predicted octanol–water partition coefficient (Wildman–Crippen LogP) is 0.959. The van der Waals surface area contributed by atoms with Crippen LogP contribution in [-0.4, -0.2) is 20.9 Å². The van der Waals surface area contributed by atoms with Crippen LogP contribution in [0.15, 0.2) is 12.5 Å². The Labute approximate surface area is 74.2 Å². The smallest absolute Gasteiger partial charge is 0.329 e. The standard InChI is InChI=1S/C7H8N4O2/c12-11(13)6-3-8-4-9-7(6)10-5-1-2-5/h3-5H,1-2H2,(H,8,9,10). The Hall–Kier alpha value is -1.72. The molecular weight excluding hydrogens is 172 g/mol. The molecular formula is C7H8N4O2. The zero-order chi connectivity index (χ0) is 9.26. The first-order valence-corrected chi connectivity index (χ1v) is 3.98. The first-order chi connectivity index (χ1) is 6.27. The normalized spacial score (nSPS) is 15.4. The molecule has 6 nitrogen and oxygen atoms in total. The lowest BCUT2D eigenvalue weighted by Crippen LogP contribution is -2.06. The summed E-state index contributed by atoms with van der Waals surface area (Å²) in [4.78, 5) is 17.4. The Morgan fingerprint density at radius 3 is 3.00 bits per heavy atom. The number of rotatable bonds is 3. The van der Waals surface area contributed by atoms with Crippen molar-refractivity contribution in [3.63, 3.8) is 0 Å². The highest BCUT2D eigenvalue weighted by molar-refractivity contribution is 5.54. The predicted molar refractivity (Wildman–Crippen MR) is 45.3 cm³/mol. The molecule has 1 fully saturated rings. The Bertz CT molecular complexity index is 337. The highest BCUT2D eigenvalue weighted by Crippen LogP contribution is 2.27. The van der Waals surface area contributed by atoms with E-state index in [4.69, 9.17) is 0 Å². The van der Waals surface area contributed by atoms with Gasteiger partial charge in [0.25, 0.3) is 0 Å². The first kappa shape index (κ1) is 7.90. The number of nitrogens with zero attached hydrogens (tertiary/aromatic N) is 3. The van der Waals surface area contributed by atoms with Gasteiger partial charge in [-0.1, -0.05) is 0 Å². The van der Waals surface area contributed by atoms with Crippen LogP contribution < -0.4 is 5.32 Å². The van der Waals surface area contributed by atoms with Crippen LogP contribution in [0.25, 0.3) is 0 Å². The number of hydrogen-bond acceptors (Lipinski definition) is 5.